The van der Waals surface area contributed by atoms with Crippen LogP contribution in [0.4, 0.5) is 0 Å². The van der Waals surface area contributed by atoms with Crippen molar-refractivity contribution in [3.8, 4) is 0 Å². The predicted molar refractivity (Wildman–Crippen MR) is 127 cm³/mol. The van der Waals surface area contributed by atoms with Crippen molar-refractivity contribution in [1.82, 2.24) is 0 Å². The summed E-state index contributed by atoms with van der Waals surface area (Å²) in [6, 6.07) is 13.8. The topological polar surface area (TPSA) is 0 Å². The van der Waals surface area contributed by atoms with Crippen molar-refractivity contribution in [2.75, 3.05) is 0 Å². The molecular weight excluding hydrogens is 474 g/mol. The number of rotatable bonds is 3. The van der Waals surface area contributed by atoms with Crippen LogP contribution in [0.25, 0.3) is 21.5 Å². The molecule has 0 nitrogen and oxygen atoms in total. The third-order valence-electron chi connectivity index (χ3n) is 6.25. The summed E-state index contributed by atoms with van der Waals surface area (Å²) in [5, 5.41) is 5.86. The van der Waals surface area contributed by atoms with E-state index in [-0.39, 0.29) is 0 Å². The van der Waals surface area contributed by atoms with E-state index < -0.39 is 20.8 Å². The first-order chi connectivity index (χ1) is 13.8. The van der Waals surface area contributed by atoms with Crippen LogP contribution in [0.15, 0.2) is 36.4 Å². The average Bonchev–Trinajstić information content (AvgIpc) is 3.19. The molecule has 0 heterocycles. The normalized spacial score (nSPS) is 10.9. The van der Waals surface area contributed by atoms with Gasteiger partial charge >= 0.3 is 37.9 Å². The van der Waals surface area contributed by atoms with Gasteiger partial charge in [0.15, 0.2) is 0 Å². The Bertz CT molecular complexity index is 1070. The molecule has 29 heavy (non-hydrogen) atoms. The molecule has 0 N–H and O–H groups in total. The minimum atomic E-state index is -0.826. The fourth-order valence-electron chi connectivity index (χ4n) is 4.73. The molecule has 4 aromatic carbocycles. The third kappa shape index (κ3) is 4.44. The van der Waals surface area contributed by atoms with Crippen LogP contribution in [-0.2, 0) is 33.7 Å². The summed E-state index contributed by atoms with van der Waals surface area (Å²) in [4.78, 5) is 0. The van der Waals surface area contributed by atoms with Crippen molar-refractivity contribution in [3.63, 3.8) is 0 Å². The molecule has 0 aliphatic heterocycles. The Morgan fingerprint density at radius 3 is 1.28 bits per heavy atom. The van der Waals surface area contributed by atoms with Crippen LogP contribution in [0.1, 0.15) is 44.5 Å². The van der Waals surface area contributed by atoms with Crippen LogP contribution in [-0.4, -0.2) is 0 Å². The maximum atomic E-state index is 4.93. The van der Waals surface area contributed by atoms with Gasteiger partial charge in [-0.2, -0.15) is 11.1 Å². The second kappa shape index (κ2) is 9.51. The Balaban J connectivity index is 0.000000755. The molecule has 0 bridgehead atoms. The van der Waals surface area contributed by atoms with Gasteiger partial charge < -0.3 is 0 Å². The van der Waals surface area contributed by atoms with E-state index >= 15 is 0 Å². The van der Waals surface area contributed by atoms with E-state index in [4.69, 9.17) is 17.0 Å². The number of fused-ring (bicyclic) bond motifs is 2. The van der Waals surface area contributed by atoms with Crippen molar-refractivity contribution in [1.29, 1.82) is 0 Å². The summed E-state index contributed by atoms with van der Waals surface area (Å²) in [7, 11) is 9.87. The number of benzene rings is 2. The minimum absolute atomic E-state index is 0.826. The standard InChI is InChI=1S/C26H28.2ClH.Zr/c1-15-7-9-17(3)25-21(19(5)13-23(15)25)11-12-22-20(6)14-24-16(2)8-10-18(4)26(22)24;;;/h7-10,13-14H,11-12H2,1-6H3;2*1H;/q-2;;;+4/p-2. The predicted octanol–water partition coefficient (Wildman–Crippen LogP) is 8.44. The number of aryl methyl sites for hydroxylation is 8. The summed E-state index contributed by atoms with van der Waals surface area (Å²) in [6.45, 7) is 13.5. The molecule has 4 aromatic rings. The van der Waals surface area contributed by atoms with E-state index in [1.165, 1.54) is 54.9 Å². The van der Waals surface area contributed by atoms with E-state index in [1.807, 2.05) is 0 Å². The van der Waals surface area contributed by atoms with Gasteiger partial charge in [-0.05, 0) is 13.8 Å². The summed E-state index contributed by atoms with van der Waals surface area (Å²) < 4.78 is 0. The van der Waals surface area contributed by atoms with Crippen molar-refractivity contribution < 1.29 is 20.8 Å². The van der Waals surface area contributed by atoms with Gasteiger partial charge in [0.1, 0.15) is 0 Å². The van der Waals surface area contributed by atoms with Crippen LogP contribution in [0, 0.1) is 41.5 Å². The van der Waals surface area contributed by atoms with Crippen molar-refractivity contribution >= 4 is 38.6 Å². The van der Waals surface area contributed by atoms with Crippen molar-refractivity contribution in [2.45, 2.75) is 54.4 Å². The molecule has 0 aliphatic carbocycles. The Kier molecular flexibility index (Phi) is 7.47. The van der Waals surface area contributed by atoms with Crippen LogP contribution in [0.5, 0.6) is 0 Å². The second-order valence-electron chi connectivity index (χ2n) is 8.16. The quantitative estimate of drug-likeness (QED) is 0.247. The first-order valence-corrected chi connectivity index (χ1v) is 16.4. The molecule has 150 valence electrons. The van der Waals surface area contributed by atoms with E-state index in [2.05, 4.69) is 77.9 Å². The molecule has 0 saturated carbocycles. The molecule has 0 saturated heterocycles. The van der Waals surface area contributed by atoms with Gasteiger partial charge in [0.05, 0.1) is 0 Å². The van der Waals surface area contributed by atoms with Crippen LogP contribution < -0.4 is 0 Å². The summed E-state index contributed by atoms with van der Waals surface area (Å²) in [5.74, 6) is 0. The first-order valence-electron chi connectivity index (χ1n) is 10.1. The van der Waals surface area contributed by atoms with E-state index in [9.17, 15) is 0 Å². The Hall–Kier alpha value is -0.877. The summed E-state index contributed by atoms with van der Waals surface area (Å²) >= 11 is -0.826. The van der Waals surface area contributed by atoms with E-state index in [1.54, 1.807) is 11.1 Å². The third-order valence-corrected chi connectivity index (χ3v) is 6.25. The summed E-state index contributed by atoms with van der Waals surface area (Å²) in [6.07, 6.45) is 2.24. The van der Waals surface area contributed by atoms with Crippen LogP contribution >= 0.6 is 17.0 Å². The van der Waals surface area contributed by atoms with Gasteiger partial charge in [-0.25, -0.2) is 0 Å². The number of halogens is 2. The Morgan fingerprint density at radius 1 is 0.621 bits per heavy atom. The number of hydrogen-bond donors (Lipinski definition) is 0. The number of hydrogen-bond acceptors (Lipinski definition) is 0. The molecule has 0 aliphatic rings. The molecule has 4 rings (SSSR count). The SMILES string of the molecule is Cc1[cH-]c2c(C)ccc(C)c2c1CCc1c(C)[cH-]c2c(C)ccc(C)c12.[Cl][Zr+2][Cl]. The van der Waals surface area contributed by atoms with Crippen LogP contribution in [0.3, 0.4) is 0 Å². The molecule has 0 unspecified atom stereocenters. The fourth-order valence-corrected chi connectivity index (χ4v) is 4.73. The monoisotopic (exact) mass is 500 g/mol. The molecule has 0 amide bonds. The zero-order valence-corrected chi connectivity index (χ0v) is 22.1. The molecule has 0 atom stereocenters. The second-order valence-corrected chi connectivity index (χ2v) is 11.9. The zero-order chi connectivity index (χ0) is 21.3. The molecular formula is C26H28Cl2Zr. The van der Waals surface area contributed by atoms with Crippen molar-refractivity contribution in [3.05, 3.63) is 80.9 Å². The molecule has 0 radical (unpaired) electrons. The van der Waals surface area contributed by atoms with Gasteiger partial charge in [0, 0.05) is 0 Å². The molecule has 0 aromatic heterocycles. The Morgan fingerprint density at radius 2 is 0.931 bits per heavy atom. The Labute approximate surface area is 193 Å². The average molecular weight is 503 g/mol. The maximum absolute atomic E-state index is 4.93. The fraction of sp³-hybridized carbons (Fsp3) is 0.308. The van der Waals surface area contributed by atoms with Crippen LogP contribution in [0.2, 0.25) is 0 Å². The van der Waals surface area contributed by atoms with Gasteiger partial charge in [0.2, 0.25) is 0 Å². The summed E-state index contributed by atoms with van der Waals surface area (Å²) in [5.41, 5.74) is 11.6. The molecule has 3 heteroatoms. The first kappa shape index (κ1) is 22.8. The van der Waals surface area contributed by atoms with Gasteiger partial charge in [-0.15, -0.1) is 68.1 Å². The van der Waals surface area contributed by atoms with Gasteiger partial charge in [-0.1, -0.05) is 63.8 Å². The molecule has 0 spiro atoms. The van der Waals surface area contributed by atoms with Crippen molar-refractivity contribution in [2.24, 2.45) is 0 Å². The molecule has 0 fully saturated rings. The zero-order valence-electron chi connectivity index (χ0n) is 18.1. The van der Waals surface area contributed by atoms with Gasteiger partial charge in [-0.3, -0.25) is 0 Å². The van der Waals surface area contributed by atoms with E-state index in [0.717, 1.165) is 12.8 Å². The van der Waals surface area contributed by atoms with Gasteiger partial charge in [0.25, 0.3) is 0 Å². The van der Waals surface area contributed by atoms with E-state index in [0.29, 0.717) is 0 Å².